The van der Waals surface area contributed by atoms with E-state index >= 15 is 0 Å². The second-order valence-corrected chi connectivity index (χ2v) is 11.7. The number of aliphatic hydroxyl groups excluding tert-OH is 2. The summed E-state index contributed by atoms with van der Waals surface area (Å²) in [5.41, 5.74) is 3.18. The highest BCUT2D eigenvalue weighted by Gasteiger charge is 2.57. The Bertz CT molecular complexity index is 1470. The minimum atomic E-state index is -1.10. The van der Waals surface area contributed by atoms with E-state index in [4.69, 9.17) is 9.07 Å². The maximum atomic E-state index is 13.7. The number of imide groups is 1. The summed E-state index contributed by atoms with van der Waals surface area (Å²) < 4.78 is 11.7. The maximum absolute atomic E-state index is 13.7. The van der Waals surface area contributed by atoms with Crippen molar-refractivity contribution < 1.29 is 33.9 Å². The van der Waals surface area contributed by atoms with Gasteiger partial charge in [-0.05, 0) is 90.0 Å². The van der Waals surface area contributed by atoms with Crippen molar-refractivity contribution in [2.75, 3.05) is 6.61 Å². The molecule has 5 heterocycles. The first-order valence-corrected chi connectivity index (χ1v) is 14.7. The normalized spacial score (nSPS) is 24.7. The molecule has 3 aliphatic rings. The largest absolute Gasteiger partial charge is 0.459 e. The van der Waals surface area contributed by atoms with E-state index in [9.17, 15) is 24.8 Å². The van der Waals surface area contributed by atoms with E-state index in [0.29, 0.717) is 36.4 Å². The van der Waals surface area contributed by atoms with Crippen molar-refractivity contribution in [3.8, 4) is 0 Å². The number of fused-ring (bicyclic) bond motifs is 3. The number of carbonyl (C=O) groups excluding carboxylic acids is 2. The summed E-state index contributed by atoms with van der Waals surface area (Å²) in [4.78, 5) is 33.9. The van der Waals surface area contributed by atoms with Gasteiger partial charge in [0.05, 0.1) is 36.8 Å². The van der Waals surface area contributed by atoms with Crippen molar-refractivity contribution in [2.45, 2.75) is 44.8 Å². The molecule has 0 unspecified atom stereocenters. The Labute approximate surface area is 241 Å². The molecule has 2 saturated heterocycles. The van der Waals surface area contributed by atoms with Gasteiger partial charge in [-0.2, -0.15) is 0 Å². The van der Waals surface area contributed by atoms with Gasteiger partial charge in [0, 0.05) is 11.1 Å². The molecule has 0 saturated carbocycles. The molecule has 2 aliphatic heterocycles. The molecule has 0 spiro atoms. The third kappa shape index (κ3) is 5.48. The number of likely N-dealkylation sites (tertiary alicyclic amines) is 1. The number of rotatable bonds is 9. The van der Waals surface area contributed by atoms with Gasteiger partial charge in [-0.15, -0.1) is 11.3 Å². The molecule has 212 valence electrons. The summed E-state index contributed by atoms with van der Waals surface area (Å²) in [5, 5.41) is 32.5. The predicted molar refractivity (Wildman–Crippen MR) is 153 cm³/mol. The van der Waals surface area contributed by atoms with E-state index in [1.54, 1.807) is 18.3 Å². The third-order valence-corrected chi connectivity index (χ3v) is 9.17. The van der Waals surface area contributed by atoms with Crippen LogP contribution in [0.25, 0.3) is 11.6 Å². The summed E-state index contributed by atoms with van der Waals surface area (Å²) in [6.45, 7) is -0.199. The maximum Gasteiger partial charge on any atom is 0.455 e. The van der Waals surface area contributed by atoms with E-state index in [1.165, 1.54) is 16.2 Å². The van der Waals surface area contributed by atoms with Gasteiger partial charge in [-0.1, -0.05) is 12.1 Å². The predicted octanol–water partition coefficient (Wildman–Crippen LogP) is 3.54. The first-order chi connectivity index (χ1) is 20.0. The Balaban J connectivity index is 1.28. The zero-order valence-corrected chi connectivity index (χ0v) is 23.2. The number of hydrogen-bond acceptors (Lipinski definition) is 9. The number of nitrogens with zero attached hydrogens (tertiary/aromatic N) is 2. The molecule has 41 heavy (non-hydrogen) atoms. The van der Waals surface area contributed by atoms with Crippen LogP contribution in [0.4, 0.5) is 0 Å². The molecule has 3 aromatic rings. The quantitative estimate of drug-likeness (QED) is 0.201. The molecule has 4 atom stereocenters. The first-order valence-electron chi connectivity index (χ1n) is 13.8. The smallest absolute Gasteiger partial charge is 0.455 e. The van der Waals surface area contributed by atoms with Crippen molar-refractivity contribution >= 4 is 41.9 Å². The third-order valence-electron chi connectivity index (χ3n) is 8.31. The zero-order chi connectivity index (χ0) is 28.5. The van der Waals surface area contributed by atoms with Crippen LogP contribution in [0.15, 0.2) is 69.6 Å². The van der Waals surface area contributed by atoms with Crippen LogP contribution in [0, 0.1) is 17.8 Å². The van der Waals surface area contributed by atoms with Crippen LogP contribution in [0.1, 0.15) is 41.4 Å². The molecule has 0 aromatic carbocycles. The second kappa shape index (κ2) is 11.9. The Morgan fingerprint density at radius 2 is 1.98 bits per heavy atom. The van der Waals surface area contributed by atoms with Crippen molar-refractivity contribution in [1.82, 2.24) is 9.88 Å². The average molecular weight is 574 g/mol. The van der Waals surface area contributed by atoms with Gasteiger partial charge in [0.25, 0.3) is 0 Å². The lowest BCUT2D eigenvalue weighted by atomic mass is 9.58. The lowest BCUT2D eigenvalue weighted by Gasteiger charge is -2.43. The number of carbonyl (C=O) groups is 2. The van der Waals surface area contributed by atoms with Crippen LogP contribution in [0.2, 0.25) is 6.32 Å². The molecule has 3 aromatic heterocycles. The van der Waals surface area contributed by atoms with E-state index in [-0.39, 0.29) is 37.9 Å². The number of thiophene rings is 1. The van der Waals surface area contributed by atoms with Gasteiger partial charge in [0.1, 0.15) is 18.1 Å². The number of allylic oxidation sites excluding steroid dienone is 1. The SMILES string of the molecule is O=C1[C@@H]2[C@@H](CC(CO)=C3[C@@H](CC/C(=C/c4ccc(CO)o4)c4ccccn4)OB(O)C[C@@H]32)C(=O)N1Cc1cccs1. The lowest BCUT2D eigenvalue weighted by molar-refractivity contribution is -0.140. The molecule has 0 bridgehead atoms. The number of aromatic nitrogens is 1. The fourth-order valence-electron chi connectivity index (χ4n) is 6.53. The molecule has 2 fully saturated rings. The molecule has 1 aliphatic carbocycles. The standard InChI is InChI=1S/C30H31BN2O7S/c34-16-19-13-23-28(30(37)33(29(23)36)15-22-4-3-11-41-22)24-14-31(38)40-26(27(19)24)9-6-18(25-5-1-2-10-32-25)12-20-7-8-21(17-35)39-20/h1-5,7-8,10-12,23-24,26,28,34-35,38H,6,9,13-17H2/b18-12-/t23-,24+,26-,28-/m1/s1. The molecule has 2 amide bonds. The first kappa shape index (κ1) is 27.8. The van der Waals surface area contributed by atoms with E-state index in [2.05, 4.69) is 4.98 Å². The van der Waals surface area contributed by atoms with E-state index in [1.807, 2.05) is 41.8 Å². The number of furan rings is 1. The molecule has 0 radical (unpaired) electrons. The van der Waals surface area contributed by atoms with Crippen molar-refractivity contribution in [3.05, 3.63) is 87.3 Å². The average Bonchev–Trinajstić information content (AvgIpc) is 3.73. The monoisotopic (exact) mass is 574 g/mol. The van der Waals surface area contributed by atoms with Crippen LogP contribution < -0.4 is 0 Å². The summed E-state index contributed by atoms with van der Waals surface area (Å²) in [5.74, 6) is -0.920. The van der Waals surface area contributed by atoms with Crippen LogP contribution in [0.3, 0.4) is 0 Å². The summed E-state index contributed by atoms with van der Waals surface area (Å²) in [6, 6.07) is 12.9. The highest BCUT2D eigenvalue weighted by molar-refractivity contribution is 7.09. The number of aliphatic hydroxyl groups is 2. The molecule has 6 rings (SSSR count). The molecule has 11 heteroatoms. The van der Waals surface area contributed by atoms with Crippen LogP contribution >= 0.6 is 11.3 Å². The van der Waals surface area contributed by atoms with Gasteiger partial charge in [0.15, 0.2) is 0 Å². The minimum absolute atomic E-state index is 0.196. The van der Waals surface area contributed by atoms with Gasteiger partial charge >= 0.3 is 7.12 Å². The summed E-state index contributed by atoms with van der Waals surface area (Å²) in [7, 11) is -1.10. The minimum Gasteiger partial charge on any atom is -0.459 e. The summed E-state index contributed by atoms with van der Waals surface area (Å²) in [6.07, 6.45) is 4.50. The topological polar surface area (TPSA) is 133 Å². The van der Waals surface area contributed by atoms with E-state index in [0.717, 1.165) is 21.7 Å². The zero-order valence-electron chi connectivity index (χ0n) is 22.4. The fraction of sp³-hybridized carbons (Fsp3) is 0.367. The van der Waals surface area contributed by atoms with Crippen LogP contribution in [-0.4, -0.2) is 56.8 Å². The number of amides is 2. The van der Waals surface area contributed by atoms with Crippen LogP contribution in [-0.2, 0) is 27.4 Å². The second-order valence-electron chi connectivity index (χ2n) is 10.7. The van der Waals surface area contributed by atoms with Crippen molar-refractivity contribution in [1.29, 1.82) is 0 Å². The van der Waals surface area contributed by atoms with E-state index < -0.39 is 31.0 Å². The number of hydrogen-bond donors (Lipinski definition) is 3. The van der Waals surface area contributed by atoms with Crippen LogP contribution in [0.5, 0.6) is 0 Å². The van der Waals surface area contributed by atoms with Gasteiger partial charge < -0.3 is 24.3 Å². The van der Waals surface area contributed by atoms with Crippen molar-refractivity contribution in [2.24, 2.45) is 17.8 Å². The highest BCUT2D eigenvalue weighted by atomic mass is 32.1. The van der Waals surface area contributed by atoms with Gasteiger partial charge in [-0.25, -0.2) is 0 Å². The summed E-state index contributed by atoms with van der Waals surface area (Å²) >= 11 is 1.50. The molecule has 9 nitrogen and oxygen atoms in total. The highest BCUT2D eigenvalue weighted by Crippen LogP contribution is 2.51. The molecular formula is C30H31BN2O7S. The Hall–Kier alpha value is -3.35. The van der Waals surface area contributed by atoms with Gasteiger partial charge in [-0.3, -0.25) is 19.5 Å². The van der Waals surface area contributed by atoms with Crippen molar-refractivity contribution in [3.63, 3.8) is 0 Å². The molecular weight excluding hydrogens is 543 g/mol. The number of pyridine rings is 1. The Kier molecular flexibility index (Phi) is 8.05. The lowest BCUT2D eigenvalue weighted by Crippen LogP contribution is -2.46. The molecule has 3 N–H and O–H groups in total. The fourth-order valence-corrected chi connectivity index (χ4v) is 7.22. The Morgan fingerprint density at radius 1 is 1.10 bits per heavy atom. The van der Waals surface area contributed by atoms with Gasteiger partial charge in [0.2, 0.25) is 11.8 Å². The Morgan fingerprint density at radius 3 is 2.68 bits per heavy atom.